The first-order valence-electron chi connectivity index (χ1n) is 12.6. The highest BCUT2D eigenvalue weighted by Crippen LogP contribution is 2.51. The number of halogens is 3. The highest BCUT2D eigenvalue weighted by Gasteiger charge is 2.48. The Labute approximate surface area is 208 Å². The Balaban J connectivity index is 1.37. The Kier molecular flexibility index (Phi) is 6.81. The standard InChI is InChI=1S/C27H31F3N4O2/c28-27(29,30)16-31-26(36)33-22-13-7-5-11-19(22)25(35)34-15-14-20-23(17-8-2-1-3-9-17)32-21-12-6-4-10-18(21)24(20)34/h1-4,6,8-10,12,19-20,22-24,32H,5,7,11,13-16H2,(H2,31,33,36)/t19-,20-,22+,23-,24-/m0/s1. The van der Waals surface area contributed by atoms with Crippen molar-refractivity contribution < 1.29 is 22.8 Å². The Hall–Kier alpha value is -3.23. The molecule has 2 aromatic rings. The molecule has 3 aliphatic rings. The number of carbonyl (C=O) groups is 2. The zero-order valence-electron chi connectivity index (χ0n) is 19.9. The molecule has 0 unspecified atom stereocenters. The molecule has 6 nitrogen and oxygen atoms in total. The van der Waals surface area contributed by atoms with Gasteiger partial charge < -0.3 is 20.9 Å². The van der Waals surface area contributed by atoms with Gasteiger partial charge in [0, 0.05) is 24.2 Å². The predicted molar refractivity (Wildman–Crippen MR) is 130 cm³/mol. The van der Waals surface area contributed by atoms with Crippen molar-refractivity contribution in [2.24, 2.45) is 11.8 Å². The average Bonchev–Trinajstić information content (AvgIpc) is 3.33. The number of para-hydroxylation sites is 1. The molecular formula is C27H31F3N4O2. The van der Waals surface area contributed by atoms with Crippen molar-refractivity contribution in [3.05, 3.63) is 65.7 Å². The van der Waals surface area contributed by atoms with Crippen molar-refractivity contribution in [1.82, 2.24) is 15.5 Å². The topological polar surface area (TPSA) is 73.5 Å². The van der Waals surface area contributed by atoms with Gasteiger partial charge >= 0.3 is 12.2 Å². The quantitative estimate of drug-likeness (QED) is 0.543. The third kappa shape index (κ3) is 5.01. The molecular weight excluding hydrogens is 469 g/mol. The fraction of sp³-hybridized carbons (Fsp3) is 0.481. The number of carbonyl (C=O) groups excluding carboxylic acids is 2. The maximum absolute atomic E-state index is 14.0. The summed E-state index contributed by atoms with van der Waals surface area (Å²) >= 11 is 0. The second kappa shape index (κ2) is 10.0. The SMILES string of the molecule is O=C(NCC(F)(F)F)N[C@@H]1CCCC[C@@H]1C(=O)N1CC[C@H]2[C@H](c3ccccc3)Nc3ccccc3[C@@H]21. The van der Waals surface area contributed by atoms with Gasteiger partial charge in [0.1, 0.15) is 6.54 Å². The number of likely N-dealkylation sites (tertiary alicyclic amines) is 1. The van der Waals surface area contributed by atoms with E-state index < -0.39 is 30.7 Å². The van der Waals surface area contributed by atoms with Gasteiger partial charge in [-0.05, 0) is 36.5 Å². The summed E-state index contributed by atoms with van der Waals surface area (Å²) in [4.78, 5) is 28.1. The summed E-state index contributed by atoms with van der Waals surface area (Å²) < 4.78 is 37.6. The number of benzene rings is 2. The third-order valence-corrected chi connectivity index (χ3v) is 7.75. The first-order valence-corrected chi connectivity index (χ1v) is 12.6. The van der Waals surface area contributed by atoms with Crippen molar-refractivity contribution in [1.29, 1.82) is 0 Å². The van der Waals surface area contributed by atoms with E-state index >= 15 is 0 Å². The summed E-state index contributed by atoms with van der Waals surface area (Å²) in [7, 11) is 0. The maximum atomic E-state index is 14.0. The largest absolute Gasteiger partial charge is 0.405 e. The molecule has 0 aromatic heterocycles. The zero-order valence-corrected chi connectivity index (χ0v) is 19.9. The zero-order chi connectivity index (χ0) is 25.3. The number of anilines is 1. The lowest BCUT2D eigenvalue weighted by molar-refractivity contribution is -0.139. The number of hydrogen-bond acceptors (Lipinski definition) is 3. The Morgan fingerprint density at radius 2 is 1.69 bits per heavy atom. The monoisotopic (exact) mass is 500 g/mol. The van der Waals surface area contributed by atoms with Crippen molar-refractivity contribution >= 4 is 17.6 Å². The lowest BCUT2D eigenvalue weighted by atomic mass is 9.79. The van der Waals surface area contributed by atoms with E-state index in [1.54, 1.807) is 0 Å². The van der Waals surface area contributed by atoms with E-state index in [4.69, 9.17) is 0 Å². The van der Waals surface area contributed by atoms with Crippen molar-refractivity contribution in [3.8, 4) is 0 Å². The van der Waals surface area contributed by atoms with Crippen LogP contribution in [-0.2, 0) is 4.79 Å². The third-order valence-electron chi connectivity index (χ3n) is 7.75. The lowest BCUT2D eigenvalue weighted by Crippen LogP contribution is -2.53. The maximum Gasteiger partial charge on any atom is 0.405 e. The summed E-state index contributed by atoms with van der Waals surface area (Å²) in [6.45, 7) is -0.790. The van der Waals surface area contributed by atoms with Gasteiger partial charge in [0.25, 0.3) is 0 Å². The van der Waals surface area contributed by atoms with Crippen LogP contribution in [-0.4, -0.2) is 42.1 Å². The molecule has 2 aliphatic heterocycles. The number of alkyl halides is 3. The van der Waals surface area contributed by atoms with E-state index in [2.05, 4.69) is 28.8 Å². The number of amides is 3. The van der Waals surface area contributed by atoms with Gasteiger partial charge in [-0.2, -0.15) is 13.2 Å². The Bertz CT molecular complexity index is 1090. The van der Waals surface area contributed by atoms with Gasteiger partial charge in [-0.25, -0.2) is 4.79 Å². The summed E-state index contributed by atoms with van der Waals surface area (Å²) in [5, 5.41) is 8.22. The van der Waals surface area contributed by atoms with Crippen LogP contribution < -0.4 is 16.0 Å². The number of fused-ring (bicyclic) bond motifs is 3. The van der Waals surface area contributed by atoms with Crippen LogP contribution >= 0.6 is 0 Å². The van der Waals surface area contributed by atoms with Crippen LogP contribution in [0.15, 0.2) is 54.6 Å². The molecule has 3 N–H and O–H groups in total. The van der Waals surface area contributed by atoms with Gasteiger partial charge in [-0.15, -0.1) is 0 Å². The normalized spacial score (nSPS) is 27.4. The predicted octanol–water partition coefficient (Wildman–Crippen LogP) is 5.16. The fourth-order valence-corrected chi connectivity index (χ4v) is 6.17. The first-order chi connectivity index (χ1) is 17.3. The van der Waals surface area contributed by atoms with Gasteiger partial charge in [0.05, 0.1) is 18.0 Å². The van der Waals surface area contributed by atoms with Gasteiger partial charge in [-0.1, -0.05) is 61.4 Å². The molecule has 9 heteroatoms. The summed E-state index contributed by atoms with van der Waals surface area (Å²) in [6.07, 6.45) is -0.786. The van der Waals surface area contributed by atoms with E-state index in [1.165, 1.54) is 5.56 Å². The molecule has 5 atom stereocenters. The minimum Gasteiger partial charge on any atom is -0.378 e. The van der Waals surface area contributed by atoms with Crippen LogP contribution in [0, 0.1) is 11.8 Å². The molecule has 2 fully saturated rings. The van der Waals surface area contributed by atoms with Crippen LogP contribution in [0.5, 0.6) is 0 Å². The summed E-state index contributed by atoms with van der Waals surface area (Å²) in [6, 6.07) is 16.9. The smallest absolute Gasteiger partial charge is 0.378 e. The molecule has 0 spiro atoms. The van der Waals surface area contributed by atoms with E-state index in [0.717, 1.165) is 30.5 Å². The number of nitrogens with zero attached hydrogens (tertiary/aromatic N) is 1. The Morgan fingerprint density at radius 1 is 0.972 bits per heavy atom. The molecule has 36 heavy (non-hydrogen) atoms. The van der Waals surface area contributed by atoms with Crippen LogP contribution in [0.25, 0.3) is 0 Å². The highest BCUT2D eigenvalue weighted by molar-refractivity contribution is 5.82. The van der Waals surface area contributed by atoms with E-state index in [1.807, 2.05) is 46.6 Å². The van der Waals surface area contributed by atoms with E-state index in [0.29, 0.717) is 19.4 Å². The minimum absolute atomic E-state index is 0.0214. The number of urea groups is 1. The number of rotatable bonds is 4. The van der Waals surface area contributed by atoms with Crippen molar-refractivity contribution in [2.75, 3.05) is 18.4 Å². The van der Waals surface area contributed by atoms with Gasteiger partial charge in [0.15, 0.2) is 0 Å². The first kappa shape index (κ1) is 24.5. The molecule has 3 amide bonds. The van der Waals surface area contributed by atoms with Crippen LogP contribution in [0.4, 0.5) is 23.7 Å². The van der Waals surface area contributed by atoms with Gasteiger partial charge in [0.2, 0.25) is 5.91 Å². The van der Waals surface area contributed by atoms with Crippen molar-refractivity contribution in [3.63, 3.8) is 0 Å². The van der Waals surface area contributed by atoms with Crippen LogP contribution in [0.1, 0.15) is 55.3 Å². The molecule has 2 aromatic carbocycles. The number of nitrogens with one attached hydrogen (secondary N) is 3. The van der Waals surface area contributed by atoms with E-state index in [9.17, 15) is 22.8 Å². The second-order valence-corrected chi connectivity index (χ2v) is 9.99. The lowest BCUT2D eigenvalue weighted by Gasteiger charge is -2.42. The van der Waals surface area contributed by atoms with Gasteiger partial charge in [-0.3, -0.25) is 4.79 Å². The molecule has 1 saturated heterocycles. The van der Waals surface area contributed by atoms with Crippen molar-refractivity contribution in [2.45, 2.75) is 56.4 Å². The van der Waals surface area contributed by atoms with Crippen LogP contribution in [0.2, 0.25) is 0 Å². The molecule has 0 bridgehead atoms. The number of hydrogen-bond donors (Lipinski definition) is 3. The molecule has 192 valence electrons. The molecule has 0 radical (unpaired) electrons. The fourth-order valence-electron chi connectivity index (χ4n) is 6.17. The summed E-state index contributed by atoms with van der Waals surface area (Å²) in [5.41, 5.74) is 3.27. The van der Waals surface area contributed by atoms with E-state index in [-0.39, 0.29) is 23.9 Å². The summed E-state index contributed by atoms with van der Waals surface area (Å²) in [5.74, 6) is -0.283. The highest BCUT2D eigenvalue weighted by atomic mass is 19.4. The molecule has 2 heterocycles. The molecule has 1 saturated carbocycles. The Morgan fingerprint density at radius 3 is 2.47 bits per heavy atom. The molecule has 1 aliphatic carbocycles. The second-order valence-electron chi connectivity index (χ2n) is 9.99. The average molecular weight is 501 g/mol. The van der Waals surface area contributed by atoms with Crippen LogP contribution in [0.3, 0.4) is 0 Å². The minimum atomic E-state index is -4.48. The molecule has 5 rings (SSSR count).